The van der Waals surface area contributed by atoms with Crippen LogP contribution in [0.4, 0.5) is 5.82 Å². The Labute approximate surface area is 118 Å². The molecule has 1 aromatic heterocycles. The Morgan fingerprint density at radius 2 is 2.11 bits per heavy atom. The van der Waals surface area contributed by atoms with Crippen LogP contribution in [0.5, 0.6) is 0 Å². The van der Waals surface area contributed by atoms with Crippen LogP contribution in [0.25, 0.3) is 0 Å². The van der Waals surface area contributed by atoms with E-state index < -0.39 is 0 Å². The molecule has 5 heteroatoms. The molecule has 0 aliphatic carbocycles. The number of nitrogens with zero attached hydrogens (tertiary/aromatic N) is 1. The van der Waals surface area contributed by atoms with E-state index in [0.717, 1.165) is 10.2 Å². The molecule has 0 atom stereocenters. The summed E-state index contributed by atoms with van der Waals surface area (Å²) in [5.41, 5.74) is 1.25. The molecule has 92 valence electrons. The summed E-state index contributed by atoms with van der Waals surface area (Å²) in [5.74, 6) is 0.232. The molecule has 0 aliphatic rings. The molecule has 2 aromatic rings. The standard InChI is InChI=1S/C13H10BrClN2O/c1-8-3-2-4-12(16-8)17-13(18)10-7-9(14)5-6-11(10)15/h2-7H,1H3,(H,16,17,18). The SMILES string of the molecule is Cc1cccc(NC(=O)c2cc(Br)ccc2Cl)n1. The average molecular weight is 326 g/mol. The number of nitrogens with one attached hydrogen (secondary N) is 1. The fourth-order valence-corrected chi connectivity index (χ4v) is 2.03. The first kappa shape index (κ1) is 13.1. The molecule has 1 heterocycles. The van der Waals surface area contributed by atoms with Crippen molar-refractivity contribution in [2.24, 2.45) is 0 Å². The Morgan fingerprint density at radius 1 is 1.33 bits per heavy atom. The van der Waals surface area contributed by atoms with E-state index in [0.29, 0.717) is 16.4 Å². The molecule has 0 saturated heterocycles. The number of carbonyl (C=O) groups excluding carboxylic acids is 1. The molecule has 3 nitrogen and oxygen atoms in total. The molecule has 1 N–H and O–H groups in total. The minimum Gasteiger partial charge on any atom is -0.307 e. The van der Waals surface area contributed by atoms with E-state index in [4.69, 9.17) is 11.6 Å². The van der Waals surface area contributed by atoms with Gasteiger partial charge in [0.25, 0.3) is 5.91 Å². The summed E-state index contributed by atoms with van der Waals surface area (Å²) in [7, 11) is 0. The van der Waals surface area contributed by atoms with E-state index >= 15 is 0 Å². The highest BCUT2D eigenvalue weighted by Crippen LogP contribution is 2.21. The zero-order valence-electron chi connectivity index (χ0n) is 9.58. The predicted molar refractivity (Wildman–Crippen MR) is 76.1 cm³/mol. The first-order chi connectivity index (χ1) is 8.56. The predicted octanol–water partition coefficient (Wildman–Crippen LogP) is 4.06. The van der Waals surface area contributed by atoms with Crippen LogP contribution in [0.1, 0.15) is 16.1 Å². The largest absolute Gasteiger partial charge is 0.307 e. The number of anilines is 1. The van der Waals surface area contributed by atoms with Crippen molar-refractivity contribution in [1.29, 1.82) is 0 Å². The molecule has 0 fully saturated rings. The van der Waals surface area contributed by atoms with Crippen LogP contribution in [0.2, 0.25) is 5.02 Å². The normalized spacial score (nSPS) is 10.2. The van der Waals surface area contributed by atoms with Crippen LogP contribution in [0.15, 0.2) is 40.9 Å². The van der Waals surface area contributed by atoms with Crippen molar-refractivity contribution in [3.63, 3.8) is 0 Å². The monoisotopic (exact) mass is 324 g/mol. The lowest BCUT2D eigenvalue weighted by atomic mass is 10.2. The highest BCUT2D eigenvalue weighted by Gasteiger charge is 2.11. The molecule has 0 aliphatic heterocycles. The number of aryl methyl sites for hydroxylation is 1. The van der Waals surface area contributed by atoms with Gasteiger partial charge in [-0.1, -0.05) is 33.6 Å². The number of amides is 1. The Kier molecular flexibility index (Phi) is 3.99. The number of carbonyl (C=O) groups is 1. The van der Waals surface area contributed by atoms with Crippen LogP contribution >= 0.6 is 27.5 Å². The molecule has 0 saturated carbocycles. The molecule has 0 bridgehead atoms. The van der Waals surface area contributed by atoms with Gasteiger partial charge < -0.3 is 5.32 Å². The fourth-order valence-electron chi connectivity index (χ4n) is 1.47. The van der Waals surface area contributed by atoms with Crippen molar-refractivity contribution in [3.8, 4) is 0 Å². The Bertz CT molecular complexity index is 601. The van der Waals surface area contributed by atoms with Gasteiger partial charge in [0.15, 0.2) is 0 Å². The van der Waals surface area contributed by atoms with Crippen LogP contribution in [0.3, 0.4) is 0 Å². The van der Waals surface area contributed by atoms with Gasteiger partial charge in [-0.15, -0.1) is 0 Å². The lowest BCUT2D eigenvalue weighted by Crippen LogP contribution is -2.13. The summed E-state index contributed by atoms with van der Waals surface area (Å²) in [6, 6.07) is 10.6. The van der Waals surface area contributed by atoms with Gasteiger partial charge in [-0.2, -0.15) is 0 Å². The van der Waals surface area contributed by atoms with Gasteiger partial charge >= 0.3 is 0 Å². The Hall–Kier alpha value is -1.39. The zero-order chi connectivity index (χ0) is 13.1. The minimum absolute atomic E-state index is 0.278. The highest BCUT2D eigenvalue weighted by molar-refractivity contribution is 9.10. The third kappa shape index (κ3) is 3.09. The van der Waals surface area contributed by atoms with Gasteiger partial charge in [-0.3, -0.25) is 4.79 Å². The zero-order valence-corrected chi connectivity index (χ0v) is 11.9. The summed E-state index contributed by atoms with van der Waals surface area (Å²) in [5, 5.41) is 3.12. The van der Waals surface area contributed by atoms with Gasteiger partial charge in [0, 0.05) is 10.2 Å². The number of halogens is 2. The van der Waals surface area contributed by atoms with E-state index in [2.05, 4.69) is 26.2 Å². The van der Waals surface area contributed by atoms with Gasteiger partial charge in [0.1, 0.15) is 5.82 Å². The van der Waals surface area contributed by atoms with Crippen LogP contribution in [-0.4, -0.2) is 10.9 Å². The first-order valence-electron chi connectivity index (χ1n) is 5.26. The lowest BCUT2D eigenvalue weighted by Gasteiger charge is -2.07. The summed E-state index contributed by atoms with van der Waals surface area (Å²) in [4.78, 5) is 16.2. The molecular weight excluding hydrogens is 316 g/mol. The third-order valence-corrected chi connectivity index (χ3v) is 3.13. The summed E-state index contributed by atoms with van der Waals surface area (Å²) in [6.45, 7) is 1.86. The first-order valence-corrected chi connectivity index (χ1v) is 6.43. The maximum atomic E-state index is 12.0. The quantitative estimate of drug-likeness (QED) is 0.905. The molecular formula is C13H10BrClN2O. The van der Waals surface area contributed by atoms with Gasteiger partial charge in [0.05, 0.1) is 10.6 Å². The second-order valence-corrected chi connectivity index (χ2v) is 5.07. The van der Waals surface area contributed by atoms with Crippen molar-refractivity contribution >= 4 is 39.3 Å². The van der Waals surface area contributed by atoms with Gasteiger partial charge in [-0.25, -0.2) is 4.98 Å². The van der Waals surface area contributed by atoms with Crippen molar-refractivity contribution < 1.29 is 4.79 Å². The Morgan fingerprint density at radius 3 is 2.83 bits per heavy atom. The number of hydrogen-bond donors (Lipinski definition) is 1. The van der Waals surface area contributed by atoms with Crippen LogP contribution in [-0.2, 0) is 0 Å². The summed E-state index contributed by atoms with van der Waals surface area (Å²) in [6.07, 6.45) is 0. The molecule has 0 spiro atoms. The highest BCUT2D eigenvalue weighted by atomic mass is 79.9. The van der Waals surface area contributed by atoms with Crippen LogP contribution < -0.4 is 5.32 Å². The Balaban J connectivity index is 2.24. The fraction of sp³-hybridized carbons (Fsp3) is 0.0769. The van der Waals surface area contributed by atoms with E-state index in [9.17, 15) is 4.79 Å². The number of pyridine rings is 1. The molecule has 2 rings (SSSR count). The van der Waals surface area contributed by atoms with E-state index in [1.807, 2.05) is 19.1 Å². The van der Waals surface area contributed by atoms with Gasteiger partial charge in [-0.05, 0) is 37.3 Å². The molecule has 18 heavy (non-hydrogen) atoms. The van der Waals surface area contributed by atoms with Crippen LogP contribution in [0, 0.1) is 6.92 Å². The summed E-state index contributed by atoms with van der Waals surface area (Å²) < 4.78 is 0.800. The second kappa shape index (κ2) is 5.50. The lowest BCUT2D eigenvalue weighted by molar-refractivity contribution is 0.102. The van der Waals surface area contributed by atoms with E-state index in [1.165, 1.54) is 0 Å². The van der Waals surface area contributed by atoms with Crippen molar-refractivity contribution in [3.05, 3.63) is 57.2 Å². The number of hydrogen-bond acceptors (Lipinski definition) is 2. The number of aromatic nitrogens is 1. The maximum absolute atomic E-state index is 12.0. The molecule has 0 unspecified atom stereocenters. The van der Waals surface area contributed by atoms with Gasteiger partial charge in [0.2, 0.25) is 0 Å². The van der Waals surface area contributed by atoms with Crippen molar-refractivity contribution in [1.82, 2.24) is 4.98 Å². The molecule has 1 amide bonds. The number of benzene rings is 1. The van der Waals surface area contributed by atoms with E-state index in [1.54, 1.807) is 24.3 Å². The third-order valence-electron chi connectivity index (χ3n) is 2.30. The average Bonchev–Trinajstić information content (AvgIpc) is 2.32. The topological polar surface area (TPSA) is 42.0 Å². The number of rotatable bonds is 2. The van der Waals surface area contributed by atoms with Crippen molar-refractivity contribution in [2.45, 2.75) is 6.92 Å². The molecule has 1 aromatic carbocycles. The van der Waals surface area contributed by atoms with Crippen molar-refractivity contribution in [2.75, 3.05) is 5.32 Å². The minimum atomic E-state index is -0.278. The molecule has 0 radical (unpaired) electrons. The van der Waals surface area contributed by atoms with E-state index in [-0.39, 0.29) is 5.91 Å². The smallest absolute Gasteiger partial charge is 0.258 e. The summed E-state index contributed by atoms with van der Waals surface area (Å²) >= 11 is 9.29. The second-order valence-electron chi connectivity index (χ2n) is 3.74. The maximum Gasteiger partial charge on any atom is 0.258 e.